The number of carbonyl (C=O) groups excluding carboxylic acids is 1. The van der Waals surface area contributed by atoms with Gasteiger partial charge in [0.1, 0.15) is 0 Å². The first-order valence-electron chi connectivity index (χ1n) is 9.95. The highest BCUT2D eigenvalue weighted by Gasteiger charge is 2.33. The maximum absolute atomic E-state index is 13.0. The predicted molar refractivity (Wildman–Crippen MR) is 121 cm³/mol. The van der Waals surface area contributed by atoms with Crippen LogP contribution in [0.1, 0.15) is 18.4 Å². The summed E-state index contributed by atoms with van der Waals surface area (Å²) < 4.78 is 28.2. The van der Waals surface area contributed by atoms with E-state index in [1.165, 1.54) is 4.31 Å². The number of piperidine rings is 1. The molecule has 1 saturated heterocycles. The molecule has 0 spiro atoms. The topological polar surface area (TPSA) is 66.5 Å². The summed E-state index contributed by atoms with van der Waals surface area (Å²) in [6.07, 6.45) is 1.36. The Morgan fingerprint density at radius 1 is 1.03 bits per heavy atom. The smallest absolute Gasteiger partial charge is 0.243 e. The van der Waals surface area contributed by atoms with Gasteiger partial charge in [0.05, 0.1) is 10.8 Å². The molecule has 1 amide bonds. The van der Waals surface area contributed by atoms with Crippen LogP contribution in [0.2, 0.25) is 0 Å². The van der Waals surface area contributed by atoms with Gasteiger partial charge in [-0.2, -0.15) is 4.31 Å². The molecule has 3 aromatic carbocycles. The van der Waals surface area contributed by atoms with E-state index in [4.69, 9.17) is 0 Å². The van der Waals surface area contributed by atoms with Crippen LogP contribution in [-0.2, 0) is 21.4 Å². The molecule has 7 heteroatoms. The minimum Gasteiger partial charge on any atom is -0.352 e. The Bertz CT molecular complexity index is 1160. The first-order valence-corrected chi connectivity index (χ1v) is 12.2. The second-order valence-corrected chi connectivity index (χ2v) is 10.4. The predicted octanol–water partition coefficient (Wildman–Crippen LogP) is 4.32. The van der Waals surface area contributed by atoms with Crippen molar-refractivity contribution in [1.29, 1.82) is 0 Å². The highest BCUT2D eigenvalue weighted by molar-refractivity contribution is 9.10. The molecule has 0 aliphatic carbocycles. The summed E-state index contributed by atoms with van der Waals surface area (Å²) >= 11 is 3.33. The second-order valence-electron chi connectivity index (χ2n) is 7.51. The van der Waals surface area contributed by atoms with Crippen molar-refractivity contribution >= 4 is 42.6 Å². The standard InChI is InChI=1S/C23H23BrN2O3S/c24-20-10-12-21(13-11-20)30(28,29)26-14-4-8-19(16-26)23(27)25-15-18-7-3-6-17-5-1-2-9-22(17)18/h1-3,5-7,9-13,19H,4,8,14-16H2,(H,25,27). The van der Waals surface area contributed by atoms with Crippen molar-refractivity contribution in [3.05, 3.63) is 76.8 Å². The normalized spacial score (nSPS) is 17.7. The fourth-order valence-electron chi connectivity index (χ4n) is 3.90. The Hall–Kier alpha value is -2.22. The Morgan fingerprint density at radius 2 is 1.77 bits per heavy atom. The molecule has 1 fully saturated rings. The summed E-state index contributed by atoms with van der Waals surface area (Å²) in [5.41, 5.74) is 1.05. The number of hydrogen-bond acceptors (Lipinski definition) is 3. The van der Waals surface area contributed by atoms with Crippen molar-refractivity contribution in [3.63, 3.8) is 0 Å². The van der Waals surface area contributed by atoms with E-state index in [2.05, 4.69) is 21.2 Å². The van der Waals surface area contributed by atoms with Gasteiger partial charge in [-0.3, -0.25) is 4.79 Å². The monoisotopic (exact) mass is 486 g/mol. The van der Waals surface area contributed by atoms with Crippen LogP contribution in [0.25, 0.3) is 10.8 Å². The van der Waals surface area contributed by atoms with E-state index < -0.39 is 10.0 Å². The van der Waals surface area contributed by atoms with Gasteiger partial charge in [0.2, 0.25) is 15.9 Å². The van der Waals surface area contributed by atoms with E-state index in [-0.39, 0.29) is 23.3 Å². The van der Waals surface area contributed by atoms with Crippen molar-refractivity contribution in [1.82, 2.24) is 9.62 Å². The number of sulfonamides is 1. The molecule has 1 aliphatic heterocycles. The lowest BCUT2D eigenvalue weighted by Gasteiger charge is -2.31. The van der Waals surface area contributed by atoms with Gasteiger partial charge in [-0.15, -0.1) is 0 Å². The van der Waals surface area contributed by atoms with Crippen LogP contribution < -0.4 is 5.32 Å². The van der Waals surface area contributed by atoms with Gasteiger partial charge >= 0.3 is 0 Å². The molecule has 0 saturated carbocycles. The van der Waals surface area contributed by atoms with E-state index in [1.54, 1.807) is 24.3 Å². The fourth-order valence-corrected chi connectivity index (χ4v) is 5.69. The van der Waals surface area contributed by atoms with Gasteiger partial charge in [-0.05, 0) is 53.4 Å². The molecule has 1 N–H and O–H groups in total. The van der Waals surface area contributed by atoms with Crippen LogP contribution in [0.3, 0.4) is 0 Å². The quantitative estimate of drug-likeness (QED) is 0.583. The minimum absolute atomic E-state index is 0.0985. The van der Waals surface area contributed by atoms with Crippen LogP contribution >= 0.6 is 15.9 Å². The third-order valence-electron chi connectivity index (χ3n) is 5.54. The summed E-state index contributed by atoms with van der Waals surface area (Å²) in [5, 5.41) is 5.26. The maximum atomic E-state index is 13.0. The van der Waals surface area contributed by atoms with Gasteiger partial charge < -0.3 is 5.32 Å². The van der Waals surface area contributed by atoms with Gasteiger partial charge in [0, 0.05) is 24.1 Å². The lowest BCUT2D eigenvalue weighted by molar-refractivity contribution is -0.126. The van der Waals surface area contributed by atoms with E-state index >= 15 is 0 Å². The Labute approximate surface area is 185 Å². The molecule has 30 heavy (non-hydrogen) atoms. The van der Waals surface area contributed by atoms with Crippen LogP contribution in [-0.4, -0.2) is 31.7 Å². The summed E-state index contributed by atoms with van der Waals surface area (Å²) in [6, 6.07) is 20.7. The number of carbonyl (C=O) groups is 1. The van der Waals surface area contributed by atoms with Gasteiger partial charge in [-0.1, -0.05) is 58.4 Å². The van der Waals surface area contributed by atoms with Crippen molar-refractivity contribution in [2.24, 2.45) is 5.92 Å². The third-order valence-corrected chi connectivity index (χ3v) is 7.95. The summed E-state index contributed by atoms with van der Waals surface area (Å²) in [7, 11) is -3.61. The lowest BCUT2D eigenvalue weighted by Crippen LogP contribution is -2.45. The molecule has 1 unspecified atom stereocenters. The number of rotatable bonds is 5. The summed E-state index contributed by atoms with van der Waals surface area (Å²) in [6.45, 7) is 1.07. The Kier molecular flexibility index (Phi) is 6.22. The largest absolute Gasteiger partial charge is 0.352 e. The molecule has 0 bridgehead atoms. The molecular weight excluding hydrogens is 464 g/mol. The van der Waals surface area contributed by atoms with Crippen molar-refractivity contribution in [3.8, 4) is 0 Å². The number of nitrogens with one attached hydrogen (secondary N) is 1. The molecule has 4 rings (SSSR count). The highest BCUT2D eigenvalue weighted by Crippen LogP contribution is 2.25. The first-order chi connectivity index (χ1) is 14.4. The number of hydrogen-bond donors (Lipinski definition) is 1. The molecule has 0 radical (unpaired) electrons. The molecule has 0 aromatic heterocycles. The van der Waals surface area contributed by atoms with E-state index in [0.29, 0.717) is 25.9 Å². The molecule has 1 heterocycles. The summed E-state index contributed by atoms with van der Waals surface area (Å²) in [5.74, 6) is -0.447. The maximum Gasteiger partial charge on any atom is 0.243 e. The number of nitrogens with zero attached hydrogens (tertiary/aromatic N) is 1. The number of halogens is 1. The van der Waals surface area contributed by atoms with E-state index in [0.717, 1.165) is 20.8 Å². The zero-order valence-electron chi connectivity index (χ0n) is 16.4. The summed E-state index contributed by atoms with van der Waals surface area (Å²) in [4.78, 5) is 13.1. The average Bonchev–Trinajstić information content (AvgIpc) is 2.78. The van der Waals surface area contributed by atoms with Crippen LogP contribution in [0, 0.1) is 5.92 Å². The SMILES string of the molecule is O=C(NCc1cccc2ccccc12)C1CCCN(S(=O)(=O)c2ccc(Br)cc2)C1. The molecule has 1 aliphatic rings. The van der Waals surface area contributed by atoms with Crippen molar-refractivity contribution in [2.75, 3.05) is 13.1 Å². The first kappa shape index (κ1) is 21.0. The second kappa shape index (κ2) is 8.88. The zero-order valence-corrected chi connectivity index (χ0v) is 18.8. The van der Waals surface area contributed by atoms with Gasteiger partial charge in [-0.25, -0.2) is 8.42 Å². The minimum atomic E-state index is -3.61. The zero-order chi connectivity index (χ0) is 21.1. The highest BCUT2D eigenvalue weighted by atomic mass is 79.9. The molecule has 156 valence electrons. The van der Waals surface area contributed by atoms with Gasteiger partial charge in [0.25, 0.3) is 0 Å². The van der Waals surface area contributed by atoms with Crippen LogP contribution in [0.4, 0.5) is 0 Å². The van der Waals surface area contributed by atoms with E-state index in [9.17, 15) is 13.2 Å². The number of amides is 1. The Balaban J connectivity index is 1.44. The number of fused-ring (bicyclic) bond motifs is 1. The van der Waals surface area contributed by atoms with Crippen LogP contribution in [0.5, 0.6) is 0 Å². The molecular formula is C23H23BrN2O3S. The van der Waals surface area contributed by atoms with Crippen LogP contribution in [0.15, 0.2) is 76.1 Å². The molecule has 5 nitrogen and oxygen atoms in total. The lowest BCUT2D eigenvalue weighted by atomic mass is 9.98. The Morgan fingerprint density at radius 3 is 2.57 bits per heavy atom. The molecule has 3 aromatic rings. The third kappa shape index (κ3) is 4.43. The van der Waals surface area contributed by atoms with Crippen molar-refractivity contribution in [2.45, 2.75) is 24.3 Å². The molecule has 1 atom stereocenters. The average molecular weight is 487 g/mol. The number of benzene rings is 3. The van der Waals surface area contributed by atoms with Crippen molar-refractivity contribution < 1.29 is 13.2 Å². The van der Waals surface area contributed by atoms with Gasteiger partial charge in [0.15, 0.2) is 0 Å². The fraction of sp³-hybridized carbons (Fsp3) is 0.261. The van der Waals surface area contributed by atoms with E-state index in [1.807, 2.05) is 42.5 Å².